The van der Waals surface area contributed by atoms with Gasteiger partial charge in [0, 0.05) is 7.05 Å². The van der Waals surface area contributed by atoms with E-state index in [9.17, 15) is 9.59 Å². The average Bonchev–Trinajstić information content (AvgIpc) is 3.02. The lowest BCUT2D eigenvalue weighted by atomic mass is 10.1. The number of esters is 1. The largest absolute Gasteiger partial charge is 0.465 e. The van der Waals surface area contributed by atoms with Crippen LogP contribution in [0.1, 0.15) is 43.4 Å². The Hall–Kier alpha value is -2.14. The predicted octanol–water partition coefficient (Wildman–Crippen LogP) is 3.68. The molecule has 0 aliphatic carbocycles. The zero-order valence-corrected chi connectivity index (χ0v) is 13.9. The van der Waals surface area contributed by atoms with Crippen LogP contribution in [0.5, 0.6) is 0 Å². The van der Waals surface area contributed by atoms with E-state index in [2.05, 4.69) is 4.74 Å². The Bertz CT molecular complexity index is 675. The predicted molar refractivity (Wildman–Crippen MR) is 87.3 cm³/mol. The van der Waals surface area contributed by atoms with Crippen molar-refractivity contribution in [2.45, 2.75) is 19.9 Å². The highest BCUT2D eigenvalue weighted by atomic mass is 32.1. The van der Waals surface area contributed by atoms with Crippen LogP contribution in [0.25, 0.3) is 0 Å². The Kier molecular flexibility index (Phi) is 4.98. The number of nitrogens with zero attached hydrogens (tertiary/aromatic N) is 1. The third-order valence-electron chi connectivity index (χ3n) is 3.66. The lowest BCUT2D eigenvalue weighted by Gasteiger charge is -2.25. The number of methoxy groups -OCH3 is 1. The number of hydrogen-bond donors (Lipinski definition) is 0. The van der Waals surface area contributed by atoms with Gasteiger partial charge in [-0.2, -0.15) is 0 Å². The first-order valence-corrected chi connectivity index (χ1v) is 7.77. The van der Waals surface area contributed by atoms with Crippen LogP contribution in [0.2, 0.25) is 0 Å². The first kappa shape index (κ1) is 16.2. The van der Waals surface area contributed by atoms with Gasteiger partial charge >= 0.3 is 5.97 Å². The van der Waals surface area contributed by atoms with Crippen molar-refractivity contribution in [3.8, 4) is 0 Å². The Morgan fingerprint density at radius 2 is 1.68 bits per heavy atom. The molecule has 0 saturated carbocycles. The molecule has 0 bridgehead atoms. The van der Waals surface area contributed by atoms with E-state index in [4.69, 9.17) is 0 Å². The van der Waals surface area contributed by atoms with E-state index >= 15 is 0 Å². The van der Waals surface area contributed by atoms with Crippen molar-refractivity contribution in [1.82, 2.24) is 4.90 Å². The molecule has 1 aromatic heterocycles. The van der Waals surface area contributed by atoms with Crippen LogP contribution in [0, 0.1) is 6.92 Å². The summed E-state index contributed by atoms with van der Waals surface area (Å²) in [7, 11) is 3.10. The van der Waals surface area contributed by atoms with Crippen molar-refractivity contribution in [2.75, 3.05) is 14.2 Å². The van der Waals surface area contributed by atoms with Crippen molar-refractivity contribution in [3.63, 3.8) is 0 Å². The topological polar surface area (TPSA) is 46.6 Å². The highest BCUT2D eigenvalue weighted by molar-refractivity contribution is 7.15. The molecule has 4 nitrogen and oxygen atoms in total. The minimum atomic E-state index is -0.418. The lowest BCUT2D eigenvalue weighted by Crippen LogP contribution is -2.29. The Morgan fingerprint density at radius 1 is 1.09 bits per heavy atom. The van der Waals surface area contributed by atoms with E-state index in [-0.39, 0.29) is 11.9 Å². The van der Waals surface area contributed by atoms with Gasteiger partial charge in [-0.1, -0.05) is 29.8 Å². The summed E-state index contributed by atoms with van der Waals surface area (Å²) in [6.07, 6.45) is 0. The van der Waals surface area contributed by atoms with E-state index in [0.29, 0.717) is 9.75 Å². The second kappa shape index (κ2) is 6.75. The molecule has 1 atom stereocenters. The second-order valence-corrected chi connectivity index (χ2v) is 6.24. The molecule has 2 rings (SSSR count). The molecule has 1 aromatic carbocycles. The highest BCUT2D eigenvalue weighted by Gasteiger charge is 2.21. The Labute approximate surface area is 134 Å². The van der Waals surface area contributed by atoms with Gasteiger partial charge in [0.1, 0.15) is 4.88 Å². The van der Waals surface area contributed by atoms with Gasteiger partial charge in [0.05, 0.1) is 18.0 Å². The van der Waals surface area contributed by atoms with Gasteiger partial charge < -0.3 is 9.64 Å². The monoisotopic (exact) mass is 317 g/mol. The van der Waals surface area contributed by atoms with Gasteiger partial charge in [0.25, 0.3) is 5.91 Å². The molecule has 0 saturated heterocycles. The molecular formula is C17H19NO3S. The maximum Gasteiger partial charge on any atom is 0.348 e. The normalized spacial score (nSPS) is 11.8. The number of rotatable bonds is 4. The van der Waals surface area contributed by atoms with Crippen molar-refractivity contribution >= 4 is 23.2 Å². The molecule has 0 radical (unpaired) electrons. The number of aryl methyl sites for hydroxylation is 1. The second-order valence-electron chi connectivity index (χ2n) is 5.16. The van der Waals surface area contributed by atoms with Crippen LogP contribution in [-0.4, -0.2) is 30.9 Å². The van der Waals surface area contributed by atoms with Crippen molar-refractivity contribution in [3.05, 3.63) is 57.3 Å². The maximum absolute atomic E-state index is 12.5. The summed E-state index contributed by atoms with van der Waals surface area (Å²) in [6, 6.07) is 11.4. The van der Waals surface area contributed by atoms with Gasteiger partial charge in [0.15, 0.2) is 0 Å². The van der Waals surface area contributed by atoms with E-state index in [0.717, 1.165) is 16.9 Å². The zero-order valence-electron chi connectivity index (χ0n) is 13.1. The summed E-state index contributed by atoms with van der Waals surface area (Å²) in [5, 5.41) is 0. The van der Waals surface area contributed by atoms with E-state index in [1.54, 1.807) is 24.1 Å². The fourth-order valence-corrected chi connectivity index (χ4v) is 2.99. The quantitative estimate of drug-likeness (QED) is 0.808. The summed E-state index contributed by atoms with van der Waals surface area (Å²) in [5.74, 6) is -0.522. The Balaban J connectivity index is 2.16. The van der Waals surface area contributed by atoms with E-state index in [1.165, 1.54) is 12.7 Å². The number of amides is 1. The summed E-state index contributed by atoms with van der Waals surface area (Å²) >= 11 is 1.15. The number of carbonyl (C=O) groups is 2. The van der Waals surface area contributed by atoms with Crippen LogP contribution in [0.15, 0.2) is 36.4 Å². The molecule has 2 aromatic rings. The molecule has 1 unspecified atom stereocenters. The molecule has 22 heavy (non-hydrogen) atoms. The van der Waals surface area contributed by atoms with Gasteiger partial charge in [-0.05, 0) is 31.5 Å². The van der Waals surface area contributed by atoms with Gasteiger partial charge in [0.2, 0.25) is 0 Å². The lowest BCUT2D eigenvalue weighted by molar-refractivity contribution is 0.0606. The van der Waals surface area contributed by atoms with Crippen LogP contribution in [-0.2, 0) is 4.74 Å². The standard InChI is InChI=1S/C17H19NO3S/c1-11-5-7-13(8-6-11)12(2)18(3)16(19)14-9-10-15(22-14)17(20)21-4/h5-10,12H,1-4H3. The van der Waals surface area contributed by atoms with Gasteiger partial charge in [-0.3, -0.25) is 4.79 Å². The molecule has 0 aliphatic heterocycles. The number of benzene rings is 1. The molecule has 0 spiro atoms. The molecule has 116 valence electrons. The van der Waals surface area contributed by atoms with Crippen LogP contribution in [0.3, 0.4) is 0 Å². The summed E-state index contributed by atoms with van der Waals surface area (Å²) < 4.78 is 4.66. The fraction of sp³-hybridized carbons (Fsp3) is 0.294. The molecule has 5 heteroatoms. The molecule has 0 fully saturated rings. The summed E-state index contributed by atoms with van der Waals surface area (Å²) in [4.78, 5) is 26.6. The average molecular weight is 317 g/mol. The minimum Gasteiger partial charge on any atom is -0.465 e. The highest BCUT2D eigenvalue weighted by Crippen LogP contribution is 2.24. The number of thiophene rings is 1. The molecule has 1 heterocycles. The van der Waals surface area contributed by atoms with Gasteiger partial charge in [-0.15, -0.1) is 11.3 Å². The first-order valence-electron chi connectivity index (χ1n) is 6.96. The van der Waals surface area contributed by atoms with E-state index in [1.807, 2.05) is 38.1 Å². The van der Waals surface area contributed by atoms with Crippen LogP contribution < -0.4 is 0 Å². The van der Waals surface area contributed by atoms with Crippen molar-refractivity contribution in [2.24, 2.45) is 0 Å². The number of carbonyl (C=O) groups excluding carboxylic acids is 2. The Morgan fingerprint density at radius 3 is 2.27 bits per heavy atom. The van der Waals surface area contributed by atoms with Crippen LogP contribution in [0.4, 0.5) is 0 Å². The molecule has 0 N–H and O–H groups in total. The minimum absolute atomic E-state index is 0.0447. The third-order valence-corrected chi connectivity index (χ3v) is 4.72. The smallest absolute Gasteiger partial charge is 0.348 e. The van der Waals surface area contributed by atoms with Crippen LogP contribution >= 0.6 is 11.3 Å². The number of ether oxygens (including phenoxy) is 1. The molecule has 0 aliphatic rings. The SMILES string of the molecule is COC(=O)c1ccc(C(=O)N(C)C(C)c2ccc(C)cc2)s1. The molecular weight excluding hydrogens is 298 g/mol. The van der Waals surface area contributed by atoms with E-state index < -0.39 is 5.97 Å². The number of hydrogen-bond acceptors (Lipinski definition) is 4. The first-order chi connectivity index (χ1) is 10.4. The van der Waals surface area contributed by atoms with Crippen molar-refractivity contribution < 1.29 is 14.3 Å². The summed E-state index contributed by atoms with van der Waals surface area (Å²) in [6.45, 7) is 4.01. The van der Waals surface area contributed by atoms with Gasteiger partial charge in [-0.25, -0.2) is 4.79 Å². The molecule has 1 amide bonds. The summed E-state index contributed by atoms with van der Waals surface area (Å²) in [5.41, 5.74) is 2.26. The third kappa shape index (κ3) is 3.36. The fourth-order valence-electron chi connectivity index (χ4n) is 2.08. The van der Waals surface area contributed by atoms with Crippen molar-refractivity contribution in [1.29, 1.82) is 0 Å². The maximum atomic E-state index is 12.5. The zero-order chi connectivity index (χ0) is 16.3.